The quantitative estimate of drug-likeness (QED) is 0.818. The number of para-hydroxylation sites is 1. The van der Waals surface area contributed by atoms with Crippen molar-refractivity contribution < 1.29 is 9.84 Å². The topological polar surface area (TPSA) is 29.5 Å². The van der Waals surface area contributed by atoms with E-state index in [-0.39, 0.29) is 5.41 Å². The summed E-state index contributed by atoms with van der Waals surface area (Å²) in [6.07, 6.45) is 0. The number of fused-ring (bicyclic) bond motifs is 3. The highest BCUT2D eigenvalue weighted by Crippen LogP contribution is 2.84. The molecule has 2 aromatic carbocycles. The Morgan fingerprint density at radius 1 is 0.958 bits per heavy atom. The number of benzene rings is 2. The Morgan fingerprint density at radius 3 is 2.17 bits per heavy atom. The van der Waals surface area contributed by atoms with Gasteiger partial charge in [0.2, 0.25) is 0 Å². The molecule has 4 rings (SSSR count). The van der Waals surface area contributed by atoms with Gasteiger partial charge in [0.15, 0.2) is 0 Å². The van der Waals surface area contributed by atoms with Gasteiger partial charge in [-0.25, -0.2) is 0 Å². The van der Waals surface area contributed by atoms with E-state index in [4.69, 9.17) is 4.74 Å². The van der Waals surface area contributed by atoms with E-state index in [0.717, 1.165) is 16.9 Å². The van der Waals surface area contributed by atoms with Gasteiger partial charge in [0.25, 0.3) is 0 Å². The first kappa shape index (κ1) is 15.9. The van der Waals surface area contributed by atoms with Crippen LogP contribution >= 0.6 is 0 Å². The summed E-state index contributed by atoms with van der Waals surface area (Å²) in [4.78, 5) is 0. The number of hydrogen-bond donors (Lipinski definition) is 1. The molecule has 0 aliphatic heterocycles. The van der Waals surface area contributed by atoms with Gasteiger partial charge < -0.3 is 9.84 Å². The van der Waals surface area contributed by atoms with Crippen LogP contribution in [0.4, 0.5) is 0 Å². The summed E-state index contributed by atoms with van der Waals surface area (Å²) in [6, 6.07) is 16.4. The first-order valence-corrected chi connectivity index (χ1v) is 12.3. The Morgan fingerprint density at radius 2 is 1.54 bits per heavy atom. The molecule has 0 radical (unpaired) electrons. The molecule has 0 spiro atoms. The molecule has 0 amide bonds. The molecule has 0 aromatic heterocycles. The molecule has 4 atom stereocenters. The van der Waals surface area contributed by atoms with Crippen molar-refractivity contribution in [3.8, 4) is 5.75 Å². The van der Waals surface area contributed by atoms with Crippen molar-refractivity contribution in [2.45, 2.75) is 43.6 Å². The van der Waals surface area contributed by atoms with Gasteiger partial charge in [0, 0.05) is 19.1 Å². The molecule has 0 unspecified atom stereocenters. The minimum atomic E-state index is -1.41. The lowest BCUT2D eigenvalue weighted by atomic mass is 9.77. The van der Waals surface area contributed by atoms with Crippen LogP contribution in [-0.4, -0.2) is 20.3 Å². The van der Waals surface area contributed by atoms with Gasteiger partial charge >= 0.3 is 0 Å². The number of rotatable bonds is 3. The van der Waals surface area contributed by atoms with E-state index in [1.807, 2.05) is 30.3 Å². The smallest absolute Gasteiger partial charge is 0.125 e. The van der Waals surface area contributed by atoms with Crippen LogP contribution in [0.2, 0.25) is 25.2 Å². The zero-order valence-corrected chi connectivity index (χ0v) is 16.1. The molecule has 1 saturated carbocycles. The Labute approximate surface area is 145 Å². The number of aliphatic hydroxyl groups is 1. The lowest BCUT2D eigenvalue weighted by Gasteiger charge is -2.38. The van der Waals surface area contributed by atoms with E-state index in [1.165, 1.54) is 5.56 Å². The van der Waals surface area contributed by atoms with Gasteiger partial charge in [-0.3, -0.25) is 0 Å². The van der Waals surface area contributed by atoms with Gasteiger partial charge in [-0.15, -0.1) is 0 Å². The molecular weight excluding hydrogens is 312 g/mol. The van der Waals surface area contributed by atoms with Crippen LogP contribution in [0.15, 0.2) is 48.5 Å². The third-order valence-electron chi connectivity index (χ3n) is 6.41. The van der Waals surface area contributed by atoms with Gasteiger partial charge in [-0.2, -0.15) is 0 Å². The molecule has 0 heterocycles. The van der Waals surface area contributed by atoms with Crippen LogP contribution in [0.1, 0.15) is 29.5 Å². The number of ether oxygens (including phenoxy) is 1. The van der Waals surface area contributed by atoms with Gasteiger partial charge in [-0.1, -0.05) is 69.0 Å². The minimum absolute atomic E-state index is 0.143. The molecule has 2 aromatic rings. The van der Waals surface area contributed by atoms with Crippen molar-refractivity contribution in [1.29, 1.82) is 0 Å². The summed E-state index contributed by atoms with van der Waals surface area (Å²) in [5.74, 6) is 1.23. The predicted octanol–water partition coefficient (Wildman–Crippen LogP) is 4.76. The Bertz CT molecular complexity index is 809. The summed E-state index contributed by atoms with van der Waals surface area (Å²) in [5.41, 5.74) is 2.76. The Kier molecular flexibility index (Phi) is 3.14. The standard InChI is InChI=1S/C21H26O2Si/c1-20-18(19(20)24(3,4)5)14-10-6-7-11-15(14)21(20,22)16-12-8-9-13-17(16)23-2/h6-13,18-19,22H,1-5H3/t18-,19-,20-,21+/m1/s1. The average Bonchev–Trinajstić information content (AvgIpc) is 3.17. The fourth-order valence-corrected chi connectivity index (χ4v) is 9.25. The predicted molar refractivity (Wildman–Crippen MR) is 100 cm³/mol. The molecule has 2 aliphatic carbocycles. The van der Waals surface area contributed by atoms with Gasteiger partial charge in [-0.05, 0) is 28.7 Å². The van der Waals surface area contributed by atoms with E-state index in [2.05, 4.69) is 44.8 Å². The summed E-state index contributed by atoms with van der Waals surface area (Å²) >= 11 is 0. The monoisotopic (exact) mass is 338 g/mol. The third kappa shape index (κ3) is 1.69. The maximum atomic E-state index is 12.2. The number of methoxy groups -OCH3 is 1. The molecule has 0 bridgehead atoms. The lowest BCUT2D eigenvalue weighted by Crippen LogP contribution is -2.39. The van der Waals surface area contributed by atoms with E-state index < -0.39 is 13.7 Å². The van der Waals surface area contributed by atoms with E-state index in [9.17, 15) is 5.11 Å². The average molecular weight is 339 g/mol. The van der Waals surface area contributed by atoms with Gasteiger partial charge in [0.1, 0.15) is 11.4 Å². The highest BCUT2D eigenvalue weighted by atomic mass is 28.3. The van der Waals surface area contributed by atoms with E-state index in [0.29, 0.717) is 11.5 Å². The van der Waals surface area contributed by atoms with Crippen LogP contribution in [0.3, 0.4) is 0 Å². The van der Waals surface area contributed by atoms with Crippen molar-refractivity contribution in [3.63, 3.8) is 0 Å². The molecule has 24 heavy (non-hydrogen) atoms. The normalized spacial score (nSPS) is 33.8. The second-order valence-corrected chi connectivity index (χ2v) is 14.0. The van der Waals surface area contributed by atoms with Crippen LogP contribution in [0, 0.1) is 5.41 Å². The van der Waals surface area contributed by atoms with Crippen LogP contribution in [0.25, 0.3) is 0 Å². The first-order valence-electron chi connectivity index (χ1n) is 8.73. The fourth-order valence-electron chi connectivity index (χ4n) is 5.63. The van der Waals surface area contributed by atoms with Crippen LogP contribution < -0.4 is 4.74 Å². The SMILES string of the molecule is COc1ccccc1[C@@]1(O)c2ccccc2[C@@H]2[C@@H]([Si](C)(C)C)[C@@]21C. The highest BCUT2D eigenvalue weighted by molar-refractivity contribution is 6.79. The molecule has 126 valence electrons. The number of hydrogen-bond acceptors (Lipinski definition) is 2. The zero-order chi connectivity index (χ0) is 17.3. The minimum Gasteiger partial charge on any atom is -0.496 e. The first-order chi connectivity index (χ1) is 11.3. The molecule has 0 saturated heterocycles. The third-order valence-corrected chi connectivity index (χ3v) is 9.21. The van der Waals surface area contributed by atoms with E-state index in [1.54, 1.807) is 7.11 Å². The van der Waals surface area contributed by atoms with Crippen molar-refractivity contribution >= 4 is 8.07 Å². The second kappa shape index (κ2) is 4.74. The van der Waals surface area contributed by atoms with Crippen molar-refractivity contribution in [1.82, 2.24) is 0 Å². The summed E-state index contributed by atoms with van der Waals surface area (Å²) in [5, 5.41) is 12.2. The second-order valence-electron chi connectivity index (χ2n) is 8.60. The summed E-state index contributed by atoms with van der Waals surface area (Å²) in [6.45, 7) is 9.55. The molecule has 3 heteroatoms. The van der Waals surface area contributed by atoms with Crippen molar-refractivity contribution in [2.75, 3.05) is 7.11 Å². The van der Waals surface area contributed by atoms with Crippen molar-refractivity contribution in [2.24, 2.45) is 5.41 Å². The molecule has 1 N–H and O–H groups in total. The Hall–Kier alpha value is -1.58. The van der Waals surface area contributed by atoms with Crippen LogP contribution in [0.5, 0.6) is 5.75 Å². The fraction of sp³-hybridized carbons (Fsp3) is 0.429. The van der Waals surface area contributed by atoms with Crippen LogP contribution in [-0.2, 0) is 5.60 Å². The lowest BCUT2D eigenvalue weighted by molar-refractivity contribution is 0.0141. The zero-order valence-electron chi connectivity index (χ0n) is 15.1. The highest BCUT2D eigenvalue weighted by Gasteiger charge is 2.79. The Balaban J connectivity index is 2.00. The molecule has 2 nitrogen and oxygen atoms in total. The van der Waals surface area contributed by atoms with Gasteiger partial charge in [0.05, 0.1) is 7.11 Å². The maximum absolute atomic E-state index is 12.2. The molecule has 1 fully saturated rings. The maximum Gasteiger partial charge on any atom is 0.125 e. The molecule has 2 aliphatic rings. The molecular formula is C21H26O2Si. The summed E-state index contributed by atoms with van der Waals surface area (Å²) < 4.78 is 5.62. The van der Waals surface area contributed by atoms with E-state index >= 15 is 0 Å². The summed E-state index contributed by atoms with van der Waals surface area (Å²) in [7, 11) is 0.276. The largest absolute Gasteiger partial charge is 0.496 e. The van der Waals surface area contributed by atoms with Crippen molar-refractivity contribution in [3.05, 3.63) is 65.2 Å².